The largest absolute Gasteiger partial charge is 0.327 e. The summed E-state index contributed by atoms with van der Waals surface area (Å²) in [5, 5.41) is 2.97. The van der Waals surface area contributed by atoms with Gasteiger partial charge in [0.05, 0.1) is 0 Å². The number of carbonyl (C=O) groups excluding carboxylic acids is 2. The van der Waals surface area contributed by atoms with Gasteiger partial charge < -0.3 is 10.2 Å². The Bertz CT molecular complexity index is 782. The van der Waals surface area contributed by atoms with Gasteiger partial charge in [-0.3, -0.25) is 9.59 Å². The lowest BCUT2D eigenvalue weighted by atomic mass is 10.1. The number of carbonyl (C=O) groups is 2. The van der Waals surface area contributed by atoms with Gasteiger partial charge in [0.1, 0.15) is 11.9 Å². The molecule has 1 saturated heterocycles. The van der Waals surface area contributed by atoms with Gasteiger partial charge in [-0.25, -0.2) is 4.39 Å². The van der Waals surface area contributed by atoms with Crippen LogP contribution < -0.4 is 5.32 Å². The zero-order valence-corrected chi connectivity index (χ0v) is 14.4. The number of aryl methyl sites for hydroxylation is 2. The standard InChI is InChI=1S/C20H21FN2O2/c1-13-5-3-6-14(2)18(13)22-19(24)17-7-4-12-23(17)20(25)15-8-10-16(21)11-9-15/h3,5-6,8-11,17H,4,7,12H2,1-2H3,(H,22,24)/t17-/m1/s1. The van der Waals surface area contributed by atoms with Crippen molar-refractivity contribution in [2.24, 2.45) is 0 Å². The maximum atomic E-state index is 13.1. The van der Waals surface area contributed by atoms with E-state index in [0.717, 1.165) is 23.2 Å². The van der Waals surface area contributed by atoms with E-state index in [9.17, 15) is 14.0 Å². The van der Waals surface area contributed by atoms with Crippen molar-refractivity contribution in [2.75, 3.05) is 11.9 Å². The van der Waals surface area contributed by atoms with Crippen LogP contribution >= 0.6 is 0 Å². The summed E-state index contributed by atoms with van der Waals surface area (Å²) in [6, 6.07) is 10.8. The smallest absolute Gasteiger partial charge is 0.254 e. The van der Waals surface area contributed by atoms with Crippen LogP contribution in [0.5, 0.6) is 0 Å². The topological polar surface area (TPSA) is 49.4 Å². The lowest BCUT2D eigenvalue weighted by Gasteiger charge is -2.24. The lowest BCUT2D eigenvalue weighted by molar-refractivity contribution is -0.119. The molecule has 25 heavy (non-hydrogen) atoms. The van der Waals surface area contributed by atoms with Crippen LogP contribution in [0.15, 0.2) is 42.5 Å². The summed E-state index contributed by atoms with van der Waals surface area (Å²) >= 11 is 0. The van der Waals surface area contributed by atoms with Crippen LogP contribution in [0.25, 0.3) is 0 Å². The van der Waals surface area contributed by atoms with Crippen molar-refractivity contribution >= 4 is 17.5 Å². The molecule has 1 aliphatic rings. The highest BCUT2D eigenvalue weighted by atomic mass is 19.1. The highest BCUT2D eigenvalue weighted by Gasteiger charge is 2.34. The van der Waals surface area contributed by atoms with E-state index >= 15 is 0 Å². The zero-order valence-electron chi connectivity index (χ0n) is 14.4. The number of amides is 2. The third kappa shape index (κ3) is 3.55. The molecule has 130 valence electrons. The number of anilines is 1. The molecule has 0 saturated carbocycles. The third-order valence-corrected chi connectivity index (χ3v) is 4.64. The Morgan fingerprint density at radius 1 is 1.08 bits per heavy atom. The Hall–Kier alpha value is -2.69. The Morgan fingerprint density at radius 2 is 1.72 bits per heavy atom. The van der Waals surface area contributed by atoms with Crippen LogP contribution in [0.1, 0.15) is 34.3 Å². The molecule has 2 aromatic rings. The van der Waals surface area contributed by atoms with E-state index in [4.69, 9.17) is 0 Å². The van der Waals surface area contributed by atoms with Gasteiger partial charge >= 0.3 is 0 Å². The first-order chi connectivity index (χ1) is 12.0. The summed E-state index contributed by atoms with van der Waals surface area (Å²) in [6.07, 6.45) is 1.40. The van der Waals surface area contributed by atoms with Crippen molar-refractivity contribution in [3.63, 3.8) is 0 Å². The predicted molar refractivity (Wildman–Crippen MR) is 95.0 cm³/mol. The van der Waals surface area contributed by atoms with Crippen molar-refractivity contribution in [1.82, 2.24) is 4.90 Å². The normalized spacial score (nSPS) is 16.8. The first-order valence-corrected chi connectivity index (χ1v) is 8.41. The van der Waals surface area contributed by atoms with Crippen LogP contribution in [0.3, 0.4) is 0 Å². The second kappa shape index (κ2) is 7.05. The van der Waals surface area contributed by atoms with Crippen molar-refractivity contribution < 1.29 is 14.0 Å². The number of likely N-dealkylation sites (tertiary alicyclic amines) is 1. The fraction of sp³-hybridized carbons (Fsp3) is 0.300. The van der Waals surface area contributed by atoms with E-state index in [1.54, 1.807) is 4.90 Å². The molecule has 5 heteroatoms. The summed E-state index contributed by atoms with van der Waals surface area (Å²) in [5.74, 6) is -0.799. The number of benzene rings is 2. The predicted octanol–water partition coefficient (Wildman–Crippen LogP) is 3.69. The average molecular weight is 340 g/mol. The number of nitrogens with one attached hydrogen (secondary N) is 1. The SMILES string of the molecule is Cc1cccc(C)c1NC(=O)[C@H]1CCCN1C(=O)c1ccc(F)cc1. The van der Waals surface area contributed by atoms with E-state index in [1.165, 1.54) is 24.3 Å². The van der Waals surface area contributed by atoms with Gasteiger partial charge in [0.2, 0.25) is 5.91 Å². The zero-order chi connectivity index (χ0) is 18.0. The van der Waals surface area contributed by atoms with Crippen molar-refractivity contribution in [1.29, 1.82) is 0 Å². The first kappa shape index (κ1) is 17.1. The van der Waals surface area contributed by atoms with Gasteiger partial charge in [0.15, 0.2) is 0 Å². The summed E-state index contributed by atoms with van der Waals surface area (Å²) in [4.78, 5) is 27.0. The Morgan fingerprint density at radius 3 is 2.36 bits per heavy atom. The lowest BCUT2D eigenvalue weighted by Crippen LogP contribution is -2.43. The van der Waals surface area contributed by atoms with E-state index in [0.29, 0.717) is 18.5 Å². The van der Waals surface area contributed by atoms with Crippen LogP contribution in [0.4, 0.5) is 10.1 Å². The molecule has 4 nitrogen and oxygen atoms in total. The monoisotopic (exact) mass is 340 g/mol. The van der Waals surface area contributed by atoms with Crippen molar-refractivity contribution in [3.05, 3.63) is 65.0 Å². The molecule has 0 radical (unpaired) electrons. The van der Waals surface area contributed by atoms with Crippen LogP contribution in [-0.2, 0) is 4.79 Å². The highest BCUT2D eigenvalue weighted by Crippen LogP contribution is 2.24. The average Bonchev–Trinajstić information content (AvgIpc) is 3.08. The van der Waals surface area contributed by atoms with Gasteiger partial charge in [0.25, 0.3) is 5.91 Å². The van der Waals surface area contributed by atoms with Gasteiger partial charge in [-0.05, 0) is 62.1 Å². The molecule has 0 aliphatic carbocycles. The van der Waals surface area contributed by atoms with Gasteiger partial charge in [-0.1, -0.05) is 18.2 Å². The Balaban J connectivity index is 1.78. The van der Waals surface area contributed by atoms with E-state index < -0.39 is 6.04 Å². The minimum Gasteiger partial charge on any atom is -0.327 e. The minimum atomic E-state index is -0.503. The molecule has 2 amide bonds. The molecule has 2 aromatic carbocycles. The second-order valence-electron chi connectivity index (χ2n) is 6.42. The summed E-state index contributed by atoms with van der Waals surface area (Å²) in [5.41, 5.74) is 3.17. The summed E-state index contributed by atoms with van der Waals surface area (Å²) in [6.45, 7) is 4.42. The minimum absolute atomic E-state index is 0.176. The number of hydrogen-bond donors (Lipinski definition) is 1. The molecule has 0 unspecified atom stereocenters. The van der Waals surface area contributed by atoms with Crippen LogP contribution in [-0.4, -0.2) is 29.3 Å². The molecule has 3 rings (SSSR count). The Labute approximate surface area is 146 Å². The molecular weight excluding hydrogens is 319 g/mol. The van der Waals surface area contributed by atoms with Crippen molar-refractivity contribution in [3.8, 4) is 0 Å². The summed E-state index contributed by atoms with van der Waals surface area (Å²) in [7, 11) is 0. The second-order valence-corrected chi connectivity index (χ2v) is 6.42. The quantitative estimate of drug-likeness (QED) is 0.926. The molecule has 1 N–H and O–H groups in total. The van der Waals surface area contributed by atoms with Gasteiger partial charge in [-0.2, -0.15) is 0 Å². The first-order valence-electron chi connectivity index (χ1n) is 8.41. The number of nitrogens with zero attached hydrogens (tertiary/aromatic N) is 1. The molecule has 0 aromatic heterocycles. The molecule has 1 heterocycles. The number of halogens is 1. The number of hydrogen-bond acceptors (Lipinski definition) is 2. The number of para-hydroxylation sites is 1. The fourth-order valence-corrected chi connectivity index (χ4v) is 3.26. The molecule has 1 atom stereocenters. The maximum Gasteiger partial charge on any atom is 0.254 e. The summed E-state index contributed by atoms with van der Waals surface area (Å²) < 4.78 is 13.1. The molecular formula is C20H21FN2O2. The van der Waals surface area contributed by atoms with Gasteiger partial charge in [0, 0.05) is 17.8 Å². The fourth-order valence-electron chi connectivity index (χ4n) is 3.26. The molecule has 0 bridgehead atoms. The van der Waals surface area contributed by atoms with Crippen molar-refractivity contribution in [2.45, 2.75) is 32.7 Å². The van der Waals surface area contributed by atoms with E-state index in [-0.39, 0.29) is 17.6 Å². The van der Waals surface area contributed by atoms with Gasteiger partial charge in [-0.15, -0.1) is 0 Å². The third-order valence-electron chi connectivity index (χ3n) is 4.64. The van der Waals surface area contributed by atoms with Crippen LogP contribution in [0.2, 0.25) is 0 Å². The maximum absolute atomic E-state index is 13.1. The van der Waals surface area contributed by atoms with E-state index in [2.05, 4.69) is 5.32 Å². The molecule has 1 aliphatic heterocycles. The van der Waals surface area contributed by atoms with Crippen LogP contribution in [0, 0.1) is 19.7 Å². The number of rotatable bonds is 3. The highest BCUT2D eigenvalue weighted by molar-refractivity contribution is 6.02. The Kier molecular flexibility index (Phi) is 4.83. The molecule has 1 fully saturated rings. The van der Waals surface area contributed by atoms with E-state index in [1.807, 2.05) is 32.0 Å². The molecule has 0 spiro atoms.